The summed E-state index contributed by atoms with van der Waals surface area (Å²) in [4.78, 5) is 31.0. The summed E-state index contributed by atoms with van der Waals surface area (Å²) in [5, 5.41) is 12.4. The fourth-order valence-electron chi connectivity index (χ4n) is 4.69. The van der Waals surface area contributed by atoms with Crippen LogP contribution in [-0.4, -0.2) is 47.3 Å². The molecule has 4 rings (SSSR count). The monoisotopic (exact) mass is 510 g/mol. The zero-order valence-corrected chi connectivity index (χ0v) is 21.8. The molecule has 1 amide bonds. The van der Waals surface area contributed by atoms with Crippen molar-refractivity contribution in [1.29, 1.82) is 5.26 Å². The van der Waals surface area contributed by atoms with E-state index in [9.17, 15) is 9.59 Å². The number of nitrogens with zero attached hydrogens (tertiary/aromatic N) is 3. The number of amides is 1. The summed E-state index contributed by atoms with van der Waals surface area (Å²) < 4.78 is 5.98. The number of nitrogens with one attached hydrogen (secondary N) is 1. The van der Waals surface area contributed by atoms with Gasteiger partial charge in [0.15, 0.2) is 5.78 Å². The Hall–Kier alpha value is -4.02. The van der Waals surface area contributed by atoms with E-state index in [1.54, 1.807) is 18.0 Å². The molecule has 7 nitrogen and oxygen atoms in total. The van der Waals surface area contributed by atoms with Gasteiger partial charge in [0.05, 0.1) is 30.4 Å². The molecule has 2 heterocycles. The van der Waals surface area contributed by atoms with Gasteiger partial charge in [0.25, 0.3) is 0 Å². The van der Waals surface area contributed by atoms with Gasteiger partial charge in [0.1, 0.15) is 11.9 Å². The summed E-state index contributed by atoms with van der Waals surface area (Å²) >= 11 is 0. The summed E-state index contributed by atoms with van der Waals surface area (Å²) in [6.07, 6.45) is 5.20. The highest BCUT2D eigenvalue weighted by atomic mass is 16.5. The normalized spacial score (nSPS) is 15.6. The molecule has 0 radical (unpaired) electrons. The molecule has 0 spiro atoms. The SMILES string of the molecule is CC(=O)N1CCC(Oc2ccc(CCCC(=O)C(NCCc3ccc(C#N)cc3)c3ccccc3)nc2)C1. The molecule has 0 aliphatic carbocycles. The van der Waals surface area contributed by atoms with Crippen LogP contribution in [0.15, 0.2) is 72.9 Å². The zero-order valence-electron chi connectivity index (χ0n) is 21.8. The third kappa shape index (κ3) is 7.74. The highest BCUT2D eigenvalue weighted by Crippen LogP contribution is 2.20. The van der Waals surface area contributed by atoms with Gasteiger partial charge in [-0.2, -0.15) is 5.26 Å². The van der Waals surface area contributed by atoms with Gasteiger partial charge in [-0.1, -0.05) is 42.5 Å². The minimum absolute atomic E-state index is 0.00324. The van der Waals surface area contributed by atoms with Crippen LogP contribution in [0.4, 0.5) is 0 Å². The Kier molecular flexibility index (Phi) is 9.60. The molecule has 1 N–H and O–H groups in total. The topological polar surface area (TPSA) is 95.3 Å². The van der Waals surface area contributed by atoms with Crippen molar-refractivity contribution in [3.05, 3.63) is 95.3 Å². The van der Waals surface area contributed by atoms with E-state index < -0.39 is 0 Å². The first kappa shape index (κ1) is 27.0. The Morgan fingerprint density at radius 2 is 1.89 bits per heavy atom. The van der Waals surface area contributed by atoms with Crippen LogP contribution < -0.4 is 10.1 Å². The molecule has 2 atom stereocenters. The molecule has 1 saturated heterocycles. The Morgan fingerprint density at radius 1 is 1.11 bits per heavy atom. The molecule has 196 valence electrons. The number of carbonyl (C=O) groups excluding carboxylic acids is 2. The van der Waals surface area contributed by atoms with Crippen LogP contribution >= 0.6 is 0 Å². The minimum atomic E-state index is -0.362. The number of benzene rings is 2. The number of nitriles is 1. The standard InChI is InChI=1S/C31H34N4O3/c1-23(36)35-19-17-29(22-35)38-28-15-14-27(34-21-28)8-5-9-30(37)31(26-6-3-2-4-7-26)33-18-16-24-10-12-25(20-32)13-11-24/h2-4,6-7,10-15,21,29,31,33H,5,8-9,16-19,22H2,1H3. The van der Waals surface area contributed by atoms with E-state index in [4.69, 9.17) is 10.00 Å². The van der Waals surface area contributed by atoms with Gasteiger partial charge in [-0.15, -0.1) is 0 Å². The zero-order chi connectivity index (χ0) is 26.7. The van der Waals surface area contributed by atoms with E-state index in [0.717, 1.165) is 36.2 Å². The third-order valence-electron chi connectivity index (χ3n) is 6.85. The van der Waals surface area contributed by atoms with Crippen LogP contribution in [0.25, 0.3) is 0 Å². The van der Waals surface area contributed by atoms with Crippen molar-refractivity contribution in [2.24, 2.45) is 0 Å². The van der Waals surface area contributed by atoms with Crippen molar-refractivity contribution >= 4 is 11.7 Å². The van der Waals surface area contributed by atoms with Crippen molar-refractivity contribution in [1.82, 2.24) is 15.2 Å². The summed E-state index contributed by atoms with van der Waals surface area (Å²) in [6, 6.07) is 23.0. The number of likely N-dealkylation sites (tertiary alicyclic amines) is 1. The molecular weight excluding hydrogens is 476 g/mol. The van der Waals surface area contributed by atoms with E-state index in [1.807, 2.05) is 66.7 Å². The lowest BCUT2D eigenvalue weighted by molar-refractivity contribution is -0.128. The van der Waals surface area contributed by atoms with Crippen LogP contribution in [0.2, 0.25) is 0 Å². The van der Waals surface area contributed by atoms with E-state index in [0.29, 0.717) is 43.7 Å². The van der Waals surface area contributed by atoms with Gasteiger partial charge >= 0.3 is 0 Å². The molecular formula is C31H34N4O3. The molecule has 38 heavy (non-hydrogen) atoms. The molecule has 7 heteroatoms. The fourth-order valence-corrected chi connectivity index (χ4v) is 4.69. The maximum absolute atomic E-state index is 13.2. The molecule has 0 bridgehead atoms. The Morgan fingerprint density at radius 3 is 2.55 bits per heavy atom. The molecule has 2 aromatic carbocycles. The Labute approximate surface area is 224 Å². The second-order valence-electron chi connectivity index (χ2n) is 9.66. The Balaban J connectivity index is 1.26. The number of ether oxygens (including phenoxy) is 1. The fraction of sp³-hybridized carbons (Fsp3) is 0.355. The van der Waals surface area contributed by atoms with Crippen molar-refractivity contribution in [2.45, 2.75) is 51.2 Å². The first-order valence-corrected chi connectivity index (χ1v) is 13.2. The van der Waals surface area contributed by atoms with Crippen LogP contribution in [-0.2, 0) is 22.4 Å². The van der Waals surface area contributed by atoms with Crippen LogP contribution in [0.5, 0.6) is 5.75 Å². The van der Waals surface area contributed by atoms with E-state index >= 15 is 0 Å². The lowest BCUT2D eigenvalue weighted by Gasteiger charge is -2.18. The highest BCUT2D eigenvalue weighted by molar-refractivity contribution is 5.85. The van der Waals surface area contributed by atoms with Gasteiger partial charge in [-0.05, 0) is 54.7 Å². The third-order valence-corrected chi connectivity index (χ3v) is 6.85. The minimum Gasteiger partial charge on any atom is -0.487 e. The lowest BCUT2D eigenvalue weighted by atomic mass is 9.98. The first-order valence-electron chi connectivity index (χ1n) is 13.2. The second kappa shape index (κ2) is 13.5. The molecule has 1 fully saturated rings. The highest BCUT2D eigenvalue weighted by Gasteiger charge is 2.25. The van der Waals surface area contributed by atoms with Gasteiger partial charge in [-0.25, -0.2) is 0 Å². The average molecular weight is 511 g/mol. The van der Waals surface area contributed by atoms with E-state index in [2.05, 4.69) is 16.4 Å². The number of ketones is 1. The average Bonchev–Trinajstić information content (AvgIpc) is 3.42. The summed E-state index contributed by atoms with van der Waals surface area (Å²) in [5.74, 6) is 0.943. The summed E-state index contributed by atoms with van der Waals surface area (Å²) in [6.45, 7) is 3.58. The number of aromatic nitrogens is 1. The lowest BCUT2D eigenvalue weighted by Crippen LogP contribution is -2.30. The number of rotatable bonds is 12. The van der Waals surface area contributed by atoms with E-state index in [-0.39, 0.29) is 23.8 Å². The maximum atomic E-state index is 13.2. The largest absolute Gasteiger partial charge is 0.487 e. The molecule has 2 unspecified atom stereocenters. The number of pyridine rings is 1. The van der Waals surface area contributed by atoms with Crippen LogP contribution in [0.1, 0.15) is 54.6 Å². The first-order chi connectivity index (χ1) is 18.5. The number of hydrogen-bond acceptors (Lipinski definition) is 6. The van der Waals surface area contributed by atoms with Crippen molar-refractivity contribution in [2.75, 3.05) is 19.6 Å². The quantitative estimate of drug-likeness (QED) is 0.388. The molecule has 1 aromatic heterocycles. The number of aryl methyl sites for hydroxylation is 1. The molecule has 1 aliphatic heterocycles. The Bertz CT molecular complexity index is 1240. The maximum Gasteiger partial charge on any atom is 0.219 e. The summed E-state index contributed by atoms with van der Waals surface area (Å²) in [5.41, 5.74) is 3.66. The van der Waals surface area contributed by atoms with Crippen LogP contribution in [0, 0.1) is 11.3 Å². The van der Waals surface area contributed by atoms with Gasteiger partial charge < -0.3 is 15.0 Å². The number of Topliss-reactive ketones (excluding diaryl/α,β-unsaturated/α-hetero) is 1. The van der Waals surface area contributed by atoms with Crippen molar-refractivity contribution in [3.63, 3.8) is 0 Å². The smallest absolute Gasteiger partial charge is 0.219 e. The van der Waals surface area contributed by atoms with Crippen LogP contribution in [0.3, 0.4) is 0 Å². The molecule has 0 saturated carbocycles. The summed E-state index contributed by atoms with van der Waals surface area (Å²) in [7, 11) is 0. The van der Waals surface area contributed by atoms with Gasteiger partial charge in [0.2, 0.25) is 5.91 Å². The predicted octanol–water partition coefficient (Wildman–Crippen LogP) is 4.42. The van der Waals surface area contributed by atoms with Crippen molar-refractivity contribution in [3.8, 4) is 11.8 Å². The number of hydrogen-bond donors (Lipinski definition) is 1. The van der Waals surface area contributed by atoms with Gasteiger partial charge in [0, 0.05) is 38.5 Å². The second-order valence-corrected chi connectivity index (χ2v) is 9.66. The molecule has 1 aliphatic rings. The van der Waals surface area contributed by atoms with Gasteiger partial charge in [-0.3, -0.25) is 14.6 Å². The van der Waals surface area contributed by atoms with Crippen molar-refractivity contribution < 1.29 is 14.3 Å². The van der Waals surface area contributed by atoms with E-state index in [1.165, 1.54) is 0 Å². The molecule has 3 aromatic rings. The number of carbonyl (C=O) groups is 2. The predicted molar refractivity (Wildman–Crippen MR) is 146 cm³/mol.